The fourth-order valence-electron chi connectivity index (χ4n) is 3.62. The Morgan fingerprint density at radius 1 is 1.15 bits per heavy atom. The molecule has 1 fully saturated rings. The lowest BCUT2D eigenvalue weighted by Gasteiger charge is -2.29. The number of hydrogen-bond acceptors (Lipinski definition) is 5. The second-order valence-corrected chi connectivity index (χ2v) is 6.72. The highest BCUT2D eigenvalue weighted by atomic mass is 16.2. The van der Waals surface area contributed by atoms with Gasteiger partial charge in [0.05, 0.1) is 0 Å². The van der Waals surface area contributed by atoms with Crippen LogP contribution in [0, 0.1) is 0 Å². The highest BCUT2D eigenvalue weighted by Crippen LogP contribution is 2.34. The van der Waals surface area contributed by atoms with Crippen molar-refractivity contribution >= 4 is 23.5 Å². The molecule has 136 valence electrons. The molecule has 2 aliphatic rings. The van der Waals surface area contributed by atoms with E-state index in [4.69, 9.17) is 0 Å². The van der Waals surface area contributed by atoms with Crippen molar-refractivity contribution < 1.29 is 19.2 Å². The summed E-state index contributed by atoms with van der Waals surface area (Å²) in [5, 5.41) is 2.30. The molecule has 3 heterocycles. The van der Waals surface area contributed by atoms with Crippen molar-refractivity contribution in [2.45, 2.75) is 32.4 Å². The standard InChI is InChI=1S/C20H17N3O4/c1-11(24)16-6-5-12(9-21-16)13-3-2-4-14-15(13)10-23(20(14)27)17-7-8-18(25)22-19(17)26/h2-6,9,17H,7-8,10H2,1H3,(H,22,25,26). The summed E-state index contributed by atoms with van der Waals surface area (Å²) in [5.41, 5.74) is 3.40. The minimum atomic E-state index is -0.645. The van der Waals surface area contributed by atoms with E-state index in [0.717, 1.165) is 16.7 Å². The van der Waals surface area contributed by atoms with Crippen LogP contribution in [0.2, 0.25) is 0 Å². The van der Waals surface area contributed by atoms with Gasteiger partial charge in [-0.1, -0.05) is 18.2 Å². The predicted molar refractivity (Wildman–Crippen MR) is 95.7 cm³/mol. The van der Waals surface area contributed by atoms with Crippen LogP contribution in [0.1, 0.15) is 46.2 Å². The van der Waals surface area contributed by atoms with Crippen LogP contribution in [0.5, 0.6) is 0 Å². The van der Waals surface area contributed by atoms with Gasteiger partial charge in [-0.05, 0) is 29.7 Å². The maximum atomic E-state index is 12.9. The summed E-state index contributed by atoms with van der Waals surface area (Å²) in [7, 11) is 0. The molecule has 1 saturated heterocycles. The fraction of sp³-hybridized carbons (Fsp3) is 0.250. The van der Waals surface area contributed by atoms with Crippen LogP contribution in [-0.4, -0.2) is 39.4 Å². The van der Waals surface area contributed by atoms with Gasteiger partial charge in [0.25, 0.3) is 5.91 Å². The molecule has 3 amide bonds. The first-order valence-corrected chi connectivity index (χ1v) is 8.69. The van der Waals surface area contributed by atoms with Crippen LogP contribution in [0.15, 0.2) is 36.5 Å². The van der Waals surface area contributed by atoms with Gasteiger partial charge in [0.1, 0.15) is 11.7 Å². The molecule has 4 rings (SSSR count). The Balaban J connectivity index is 1.68. The van der Waals surface area contributed by atoms with Gasteiger partial charge in [-0.2, -0.15) is 0 Å². The molecule has 7 nitrogen and oxygen atoms in total. The summed E-state index contributed by atoms with van der Waals surface area (Å²) in [5.74, 6) is -1.06. The number of rotatable bonds is 3. The first-order chi connectivity index (χ1) is 13.0. The average molecular weight is 363 g/mol. The zero-order valence-corrected chi connectivity index (χ0v) is 14.7. The number of fused-ring (bicyclic) bond motifs is 1. The van der Waals surface area contributed by atoms with E-state index in [0.29, 0.717) is 24.2 Å². The Morgan fingerprint density at radius 3 is 2.59 bits per heavy atom. The normalized spacial score (nSPS) is 19.1. The third-order valence-electron chi connectivity index (χ3n) is 5.02. The topological polar surface area (TPSA) is 96.4 Å². The van der Waals surface area contributed by atoms with Gasteiger partial charge in [-0.15, -0.1) is 0 Å². The van der Waals surface area contributed by atoms with E-state index >= 15 is 0 Å². The number of Topliss-reactive ketones (excluding diaryl/α,β-unsaturated/α-hetero) is 1. The van der Waals surface area contributed by atoms with E-state index in [1.54, 1.807) is 30.5 Å². The molecule has 0 radical (unpaired) electrons. The van der Waals surface area contributed by atoms with Gasteiger partial charge in [0.2, 0.25) is 11.8 Å². The van der Waals surface area contributed by atoms with Crippen LogP contribution >= 0.6 is 0 Å². The van der Waals surface area contributed by atoms with Crippen LogP contribution in [0.25, 0.3) is 11.1 Å². The third-order valence-corrected chi connectivity index (χ3v) is 5.02. The monoisotopic (exact) mass is 363 g/mol. The van der Waals surface area contributed by atoms with Crippen molar-refractivity contribution in [1.29, 1.82) is 0 Å². The fourth-order valence-corrected chi connectivity index (χ4v) is 3.62. The molecule has 1 unspecified atom stereocenters. The molecular weight excluding hydrogens is 346 g/mol. The summed E-state index contributed by atoms with van der Waals surface area (Å²) in [4.78, 5) is 53.5. The van der Waals surface area contributed by atoms with E-state index in [2.05, 4.69) is 10.3 Å². The van der Waals surface area contributed by atoms with Crippen molar-refractivity contribution in [1.82, 2.24) is 15.2 Å². The molecule has 27 heavy (non-hydrogen) atoms. The van der Waals surface area contributed by atoms with Crippen LogP contribution in [0.3, 0.4) is 0 Å². The quantitative estimate of drug-likeness (QED) is 0.661. The summed E-state index contributed by atoms with van der Waals surface area (Å²) < 4.78 is 0. The molecular formula is C20H17N3O4. The second-order valence-electron chi connectivity index (χ2n) is 6.72. The first-order valence-electron chi connectivity index (χ1n) is 8.69. The Morgan fingerprint density at radius 2 is 1.93 bits per heavy atom. The van der Waals surface area contributed by atoms with Crippen LogP contribution < -0.4 is 5.32 Å². The van der Waals surface area contributed by atoms with E-state index in [1.165, 1.54) is 11.8 Å². The minimum Gasteiger partial charge on any atom is -0.322 e. The smallest absolute Gasteiger partial charge is 0.255 e. The van der Waals surface area contributed by atoms with E-state index in [1.807, 2.05) is 6.07 Å². The van der Waals surface area contributed by atoms with Gasteiger partial charge < -0.3 is 4.90 Å². The molecule has 1 N–H and O–H groups in total. The molecule has 7 heteroatoms. The van der Waals surface area contributed by atoms with E-state index in [9.17, 15) is 19.2 Å². The number of carbonyl (C=O) groups excluding carboxylic acids is 4. The number of piperidine rings is 1. The summed E-state index contributed by atoms with van der Waals surface area (Å²) in [6.07, 6.45) is 2.17. The number of nitrogens with one attached hydrogen (secondary N) is 1. The third kappa shape index (κ3) is 2.91. The summed E-state index contributed by atoms with van der Waals surface area (Å²) >= 11 is 0. The van der Waals surface area contributed by atoms with Gasteiger partial charge in [0, 0.05) is 37.2 Å². The lowest BCUT2D eigenvalue weighted by Crippen LogP contribution is -2.52. The maximum Gasteiger partial charge on any atom is 0.255 e. The predicted octanol–water partition coefficient (Wildman–Crippen LogP) is 1.71. The Labute approximate surface area is 155 Å². The van der Waals surface area contributed by atoms with Gasteiger partial charge in [0.15, 0.2) is 5.78 Å². The van der Waals surface area contributed by atoms with Gasteiger partial charge >= 0.3 is 0 Å². The highest BCUT2D eigenvalue weighted by molar-refractivity contribution is 6.06. The molecule has 1 atom stereocenters. The van der Waals surface area contributed by atoms with Crippen LogP contribution in [0.4, 0.5) is 0 Å². The number of amides is 3. The number of carbonyl (C=O) groups is 4. The zero-order valence-electron chi connectivity index (χ0n) is 14.7. The number of imide groups is 1. The van der Waals surface area contributed by atoms with Crippen molar-refractivity contribution in [3.05, 3.63) is 53.3 Å². The maximum absolute atomic E-state index is 12.9. The van der Waals surface area contributed by atoms with Crippen molar-refractivity contribution in [2.75, 3.05) is 0 Å². The second kappa shape index (κ2) is 6.42. The van der Waals surface area contributed by atoms with Crippen LogP contribution in [-0.2, 0) is 16.1 Å². The summed E-state index contributed by atoms with van der Waals surface area (Å²) in [6.45, 7) is 1.75. The van der Waals surface area contributed by atoms with Crippen molar-refractivity contribution in [3.63, 3.8) is 0 Å². The molecule has 0 aliphatic carbocycles. The Hall–Kier alpha value is -3.35. The SMILES string of the molecule is CC(=O)c1ccc(-c2cccc3c2CN(C2CCC(=O)NC2=O)C3=O)cn1. The molecule has 0 saturated carbocycles. The number of pyridine rings is 1. The molecule has 2 aliphatic heterocycles. The number of benzene rings is 1. The largest absolute Gasteiger partial charge is 0.322 e. The van der Waals surface area contributed by atoms with Crippen molar-refractivity contribution in [3.8, 4) is 11.1 Å². The molecule has 0 bridgehead atoms. The number of hydrogen-bond donors (Lipinski definition) is 1. The molecule has 0 spiro atoms. The van der Waals surface area contributed by atoms with E-state index < -0.39 is 11.9 Å². The van der Waals surface area contributed by atoms with Crippen molar-refractivity contribution in [2.24, 2.45) is 0 Å². The highest BCUT2D eigenvalue weighted by Gasteiger charge is 2.39. The molecule has 1 aromatic carbocycles. The number of ketones is 1. The Bertz CT molecular complexity index is 981. The average Bonchev–Trinajstić information content (AvgIpc) is 2.98. The number of aromatic nitrogens is 1. The summed E-state index contributed by atoms with van der Waals surface area (Å²) in [6, 6.07) is 8.24. The molecule has 2 aromatic rings. The Kier molecular flexibility index (Phi) is 4.07. The first kappa shape index (κ1) is 17.1. The number of nitrogens with zero attached hydrogens (tertiary/aromatic N) is 2. The van der Waals surface area contributed by atoms with E-state index in [-0.39, 0.29) is 24.0 Å². The molecule has 1 aromatic heterocycles. The lowest BCUT2D eigenvalue weighted by molar-refractivity contribution is -0.136. The van der Waals surface area contributed by atoms with Gasteiger partial charge in [-0.3, -0.25) is 29.5 Å². The zero-order chi connectivity index (χ0) is 19.1. The lowest BCUT2D eigenvalue weighted by atomic mass is 9.98. The minimum absolute atomic E-state index is 0.112. The van der Waals surface area contributed by atoms with Gasteiger partial charge in [-0.25, -0.2) is 0 Å².